The fraction of sp³-hybridized carbons (Fsp3) is 0.941. The molecule has 3 nitrogen and oxygen atoms in total. The molecule has 0 amide bonds. The van der Waals surface area contributed by atoms with Crippen molar-refractivity contribution < 1.29 is 9.53 Å². The predicted octanol–water partition coefficient (Wildman–Crippen LogP) is 3.90. The largest absolute Gasteiger partial charge is 0.460 e. The molecule has 1 saturated carbocycles. The van der Waals surface area contributed by atoms with Crippen LogP contribution < -0.4 is 5.73 Å². The molecule has 0 spiro atoms. The van der Waals surface area contributed by atoms with Crippen molar-refractivity contribution in [2.45, 2.75) is 78.7 Å². The minimum absolute atomic E-state index is 0.0494. The monoisotopic (exact) mass is 283 g/mol. The van der Waals surface area contributed by atoms with Crippen LogP contribution in [0.1, 0.15) is 73.1 Å². The van der Waals surface area contributed by atoms with E-state index in [9.17, 15) is 4.79 Å². The lowest BCUT2D eigenvalue weighted by molar-refractivity contribution is -0.156. The van der Waals surface area contributed by atoms with Gasteiger partial charge in [0.25, 0.3) is 0 Å². The second kappa shape index (κ2) is 6.93. The standard InChI is InChI=1S/C17H33NO2/c1-16(2,3)20-15(19)11-14-10-13(7-9-18)6-8-17(4,5)12-14/h13-14H,6-12,18H2,1-5H3/t13-,14-/m1/s1. The molecule has 3 heteroatoms. The van der Waals surface area contributed by atoms with Crippen molar-refractivity contribution >= 4 is 5.97 Å². The third-order valence-corrected chi connectivity index (χ3v) is 4.19. The van der Waals surface area contributed by atoms with Gasteiger partial charge in [-0.3, -0.25) is 4.79 Å². The van der Waals surface area contributed by atoms with Gasteiger partial charge < -0.3 is 10.5 Å². The van der Waals surface area contributed by atoms with Crippen LogP contribution in [-0.2, 0) is 9.53 Å². The zero-order chi connectivity index (χ0) is 15.4. The summed E-state index contributed by atoms with van der Waals surface area (Å²) in [5.74, 6) is 1.07. The van der Waals surface area contributed by atoms with E-state index < -0.39 is 0 Å². The van der Waals surface area contributed by atoms with Gasteiger partial charge in [0.05, 0.1) is 0 Å². The molecule has 0 unspecified atom stereocenters. The number of carbonyl (C=O) groups is 1. The van der Waals surface area contributed by atoms with Gasteiger partial charge in [0.2, 0.25) is 0 Å². The Hall–Kier alpha value is -0.570. The van der Waals surface area contributed by atoms with Crippen LogP contribution in [0.15, 0.2) is 0 Å². The lowest BCUT2D eigenvalue weighted by Crippen LogP contribution is -2.26. The lowest BCUT2D eigenvalue weighted by Gasteiger charge is -2.27. The van der Waals surface area contributed by atoms with Gasteiger partial charge in [-0.15, -0.1) is 0 Å². The number of nitrogens with two attached hydrogens (primary N) is 1. The Morgan fingerprint density at radius 3 is 2.50 bits per heavy atom. The summed E-state index contributed by atoms with van der Waals surface area (Å²) >= 11 is 0. The Morgan fingerprint density at radius 1 is 1.30 bits per heavy atom. The van der Waals surface area contributed by atoms with Crippen LogP contribution >= 0.6 is 0 Å². The quantitative estimate of drug-likeness (QED) is 0.629. The Bertz CT molecular complexity index is 317. The van der Waals surface area contributed by atoms with Crippen molar-refractivity contribution in [1.29, 1.82) is 0 Å². The van der Waals surface area contributed by atoms with E-state index in [1.807, 2.05) is 20.8 Å². The SMILES string of the molecule is CC1(C)CC[C@H](CCN)C[C@H](CC(=O)OC(C)(C)C)C1. The van der Waals surface area contributed by atoms with Crippen LogP contribution in [0.4, 0.5) is 0 Å². The third kappa shape index (κ3) is 6.74. The summed E-state index contributed by atoms with van der Waals surface area (Å²) in [6.07, 6.45) is 6.37. The minimum Gasteiger partial charge on any atom is -0.460 e. The highest BCUT2D eigenvalue weighted by molar-refractivity contribution is 5.70. The van der Waals surface area contributed by atoms with E-state index in [4.69, 9.17) is 10.5 Å². The smallest absolute Gasteiger partial charge is 0.306 e. The lowest BCUT2D eigenvalue weighted by atomic mass is 9.80. The summed E-state index contributed by atoms with van der Waals surface area (Å²) in [5, 5.41) is 0. The van der Waals surface area contributed by atoms with Crippen molar-refractivity contribution in [3.05, 3.63) is 0 Å². The van der Waals surface area contributed by atoms with Gasteiger partial charge >= 0.3 is 5.97 Å². The average molecular weight is 283 g/mol. The normalized spacial score (nSPS) is 26.9. The van der Waals surface area contributed by atoms with E-state index in [1.165, 1.54) is 12.8 Å². The molecule has 1 rings (SSSR count). The van der Waals surface area contributed by atoms with Crippen molar-refractivity contribution in [2.75, 3.05) is 6.54 Å². The predicted molar refractivity (Wildman–Crippen MR) is 83.4 cm³/mol. The fourth-order valence-corrected chi connectivity index (χ4v) is 3.42. The third-order valence-electron chi connectivity index (χ3n) is 4.19. The van der Waals surface area contributed by atoms with Crippen LogP contribution in [0, 0.1) is 17.3 Å². The molecule has 2 atom stereocenters. The molecule has 0 aromatic heterocycles. The summed E-state index contributed by atoms with van der Waals surface area (Å²) < 4.78 is 5.48. The van der Waals surface area contributed by atoms with E-state index in [0.29, 0.717) is 23.7 Å². The first-order valence-electron chi connectivity index (χ1n) is 8.03. The molecule has 0 radical (unpaired) electrons. The molecule has 1 aliphatic rings. The maximum absolute atomic E-state index is 12.1. The van der Waals surface area contributed by atoms with Crippen LogP contribution in [0.5, 0.6) is 0 Å². The first-order valence-corrected chi connectivity index (χ1v) is 8.03. The van der Waals surface area contributed by atoms with Crippen LogP contribution in [-0.4, -0.2) is 18.1 Å². The van der Waals surface area contributed by atoms with Crippen molar-refractivity contribution in [2.24, 2.45) is 23.0 Å². The molecule has 1 fully saturated rings. The maximum atomic E-state index is 12.1. The van der Waals surface area contributed by atoms with Gasteiger partial charge in [-0.25, -0.2) is 0 Å². The molecule has 2 N–H and O–H groups in total. The Morgan fingerprint density at radius 2 is 1.95 bits per heavy atom. The van der Waals surface area contributed by atoms with Gasteiger partial charge in [-0.1, -0.05) is 13.8 Å². The summed E-state index contributed by atoms with van der Waals surface area (Å²) in [6.45, 7) is 11.2. The Kier molecular flexibility index (Phi) is 6.06. The topological polar surface area (TPSA) is 52.3 Å². The van der Waals surface area contributed by atoms with Gasteiger partial charge in [0.15, 0.2) is 0 Å². The summed E-state index contributed by atoms with van der Waals surface area (Å²) in [7, 11) is 0. The molecule has 1 aliphatic carbocycles. The number of carbonyl (C=O) groups excluding carboxylic acids is 1. The van der Waals surface area contributed by atoms with Crippen LogP contribution in [0.2, 0.25) is 0 Å². The highest BCUT2D eigenvalue weighted by Gasteiger charge is 2.32. The molecule has 0 saturated heterocycles. The number of esters is 1. The van der Waals surface area contributed by atoms with E-state index in [-0.39, 0.29) is 11.6 Å². The second-order valence-corrected chi connectivity index (χ2v) is 8.24. The molecular weight excluding hydrogens is 250 g/mol. The Labute approximate surface area is 124 Å². The van der Waals surface area contributed by atoms with Crippen molar-refractivity contribution in [3.8, 4) is 0 Å². The average Bonchev–Trinajstić information content (AvgIpc) is 2.35. The zero-order valence-electron chi connectivity index (χ0n) is 14.0. The van der Waals surface area contributed by atoms with Crippen LogP contribution in [0.25, 0.3) is 0 Å². The van der Waals surface area contributed by atoms with E-state index in [1.54, 1.807) is 0 Å². The van der Waals surface area contributed by atoms with Gasteiger partial charge in [-0.2, -0.15) is 0 Å². The highest BCUT2D eigenvalue weighted by Crippen LogP contribution is 2.41. The summed E-state index contributed by atoms with van der Waals surface area (Å²) in [6, 6.07) is 0. The number of rotatable bonds is 4. The molecular formula is C17H33NO2. The molecule has 0 bridgehead atoms. The first-order chi connectivity index (χ1) is 9.11. The van der Waals surface area contributed by atoms with Gasteiger partial charge in [-0.05, 0) is 76.7 Å². The first kappa shape index (κ1) is 17.5. The number of hydrogen-bond donors (Lipinski definition) is 1. The molecule has 0 aromatic carbocycles. The number of hydrogen-bond acceptors (Lipinski definition) is 3. The minimum atomic E-state index is -0.381. The summed E-state index contributed by atoms with van der Waals surface area (Å²) in [5.41, 5.74) is 5.66. The second-order valence-electron chi connectivity index (χ2n) is 8.24. The maximum Gasteiger partial charge on any atom is 0.306 e. The zero-order valence-corrected chi connectivity index (χ0v) is 14.0. The molecule has 0 aliphatic heterocycles. The number of ether oxygens (including phenoxy) is 1. The van der Waals surface area contributed by atoms with E-state index in [0.717, 1.165) is 25.8 Å². The van der Waals surface area contributed by atoms with Gasteiger partial charge in [0.1, 0.15) is 5.60 Å². The summed E-state index contributed by atoms with van der Waals surface area (Å²) in [4.78, 5) is 12.1. The molecule has 20 heavy (non-hydrogen) atoms. The van der Waals surface area contributed by atoms with Crippen LogP contribution in [0.3, 0.4) is 0 Å². The van der Waals surface area contributed by atoms with Crippen molar-refractivity contribution in [1.82, 2.24) is 0 Å². The molecule has 118 valence electrons. The molecule has 0 aromatic rings. The van der Waals surface area contributed by atoms with E-state index in [2.05, 4.69) is 13.8 Å². The fourth-order valence-electron chi connectivity index (χ4n) is 3.42. The Balaban J connectivity index is 2.62. The highest BCUT2D eigenvalue weighted by atomic mass is 16.6. The van der Waals surface area contributed by atoms with Gasteiger partial charge in [0, 0.05) is 6.42 Å². The molecule has 0 heterocycles. The van der Waals surface area contributed by atoms with E-state index >= 15 is 0 Å². The van der Waals surface area contributed by atoms with Crippen molar-refractivity contribution in [3.63, 3.8) is 0 Å².